The van der Waals surface area contributed by atoms with E-state index in [-0.39, 0.29) is 41.9 Å². The molecule has 3 fully saturated rings. The van der Waals surface area contributed by atoms with Crippen molar-refractivity contribution in [3.63, 3.8) is 0 Å². The van der Waals surface area contributed by atoms with E-state index in [0.717, 1.165) is 19.4 Å². The molecule has 2 heterocycles. The van der Waals surface area contributed by atoms with E-state index in [1.807, 2.05) is 55.5 Å². The van der Waals surface area contributed by atoms with Gasteiger partial charge in [-0.15, -0.1) is 13.2 Å². The number of hydrogen-bond acceptors (Lipinski definition) is 9. The molecular formula is C34H57F3N2O8S. The number of nitrogens with one attached hydrogen (secondary N) is 1. The minimum Gasteiger partial charge on any atom is -0.462 e. The van der Waals surface area contributed by atoms with Crippen molar-refractivity contribution < 1.29 is 49.6 Å². The van der Waals surface area contributed by atoms with E-state index in [1.54, 1.807) is 12.1 Å². The lowest BCUT2D eigenvalue weighted by Gasteiger charge is -2.50. The number of benzene rings is 1. The summed E-state index contributed by atoms with van der Waals surface area (Å²) in [5, 5.41) is 3.14. The second-order valence-electron chi connectivity index (χ2n) is 12.0. The van der Waals surface area contributed by atoms with Gasteiger partial charge in [-0.1, -0.05) is 45.9 Å². The summed E-state index contributed by atoms with van der Waals surface area (Å²) in [6, 6.07) is 5.94. The Morgan fingerprint density at radius 2 is 1.65 bits per heavy atom. The van der Waals surface area contributed by atoms with Crippen LogP contribution in [0.25, 0.3) is 0 Å². The van der Waals surface area contributed by atoms with E-state index in [9.17, 15) is 31.2 Å². The van der Waals surface area contributed by atoms with Gasteiger partial charge in [0.05, 0.1) is 30.9 Å². The molecule has 1 spiro atoms. The average Bonchev–Trinajstić information content (AvgIpc) is 3.03. The van der Waals surface area contributed by atoms with Gasteiger partial charge in [0.2, 0.25) is 5.91 Å². The molecular weight excluding hydrogens is 653 g/mol. The van der Waals surface area contributed by atoms with Crippen LogP contribution >= 0.6 is 0 Å². The SMILES string of the molecule is C=C.CC.CC.CC(C)(C)OC=O.CN1CCCC2(COCC(=O)N2)C1COC1CCC(c2ccccc2OS(=O)(=O)C(F)(F)F)CC1. The van der Waals surface area contributed by atoms with Crippen molar-refractivity contribution in [2.75, 3.05) is 33.4 Å². The predicted octanol–water partition coefficient (Wildman–Crippen LogP) is 6.75. The normalized spacial score (nSPS) is 24.3. The summed E-state index contributed by atoms with van der Waals surface area (Å²) in [5.41, 5.74) is -5.83. The van der Waals surface area contributed by atoms with Crippen LogP contribution in [0.1, 0.15) is 98.5 Å². The number of morpholine rings is 1. The van der Waals surface area contributed by atoms with Crippen LogP contribution in [0.4, 0.5) is 13.2 Å². The minimum absolute atomic E-state index is 0.0278. The van der Waals surface area contributed by atoms with Crippen molar-refractivity contribution in [1.29, 1.82) is 0 Å². The number of alkyl halides is 3. The van der Waals surface area contributed by atoms with Gasteiger partial charge in [0.1, 0.15) is 18.0 Å². The number of likely N-dealkylation sites (N-methyl/N-ethyl adjacent to an activating group) is 1. The van der Waals surface area contributed by atoms with Gasteiger partial charge < -0.3 is 23.7 Å². The topological polar surface area (TPSA) is 120 Å². The van der Waals surface area contributed by atoms with Crippen molar-refractivity contribution >= 4 is 22.5 Å². The number of halogens is 3. The van der Waals surface area contributed by atoms with Gasteiger partial charge in [-0.25, -0.2) is 0 Å². The van der Waals surface area contributed by atoms with E-state index in [2.05, 4.69) is 32.3 Å². The van der Waals surface area contributed by atoms with Crippen molar-refractivity contribution in [1.82, 2.24) is 10.2 Å². The Bertz CT molecular complexity index is 1180. The molecule has 0 radical (unpaired) electrons. The van der Waals surface area contributed by atoms with Crippen LogP contribution in [0.5, 0.6) is 5.75 Å². The number of rotatable bonds is 7. The number of para-hydroxylation sites is 1. The van der Waals surface area contributed by atoms with Crippen LogP contribution in [-0.2, 0) is 33.9 Å². The lowest BCUT2D eigenvalue weighted by Crippen LogP contribution is -2.70. The fraction of sp³-hybridized carbons (Fsp3) is 0.706. The molecule has 0 bridgehead atoms. The van der Waals surface area contributed by atoms with Crippen LogP contribution in [0, 0.1) is 0 Å². The molecule has 278 valence electrons. The van der Waals surface area contributed by atoms with Gasteiger partial charge in [0, 0.05) is 0 Å². The number of ether oxygens (including phenoxy) is 3. The maximum Gasteiger partial charge on any atom is 0.534 e. The highest BCUT2D eigenvalue weighted by atomic mass is 32.2. The third-order valence-corrected chi connectivity index (χ3v) is 8.66. The highest BCUT2D eigenvalue weighted by molar-refractivity contribution is 7.88. The monoisotopic (exact) mass is 710 g/mol. The minimum atomic E-state index is -5.74. The molecule has 1 N–H and O–H groups in total. The molecule has 2 unspecified atom stereocenters. The number of piperidine rings is 1. The van der Waals surface area contributed by atoms with Gasteiger partial charge >= 0.3 is 15.6 Å². The second-order valence-corrected chi connectivity index (χ2v) is 13.5. The van der Waals surface area contributed by atoms with E-state index in [4.69, 9.17) is 9.47 Å². The predicted molar refractivity (Wildman–Crippen MR) is 181 cm³/mol. The average molecular weight is 711 g/mol. The molecule has 1 aromatic carbocycles. The zero-order valence-electron chi connectivity index (χ0n) is 29.9. The summed E-state index contributed by atoms with van der Waals surface area (Å²) >= 11 is 0. The summed E-state index contributed by atoms with van der Waals surface area (Å²) in [7, 11) is -3.72. The Hall–Kier alpha value is -2.68. The molecule has 1 saturated carbocycles. The van der Waals surface area contributed by atoms with E-state index >= 15 is 0 Å². The first-order chi connectivity index (χ1) is 22.6. The van der Waals surface area contributed by atoms with Crippen LogP contribution in [0.2, 0.25) is 0 Å². The van der Waals surface area contributed by atoms with Gasteiger partial charge in [-0.3, -0.25) is 14.5 Å². The standard InChI is InChI=1S/C23H31F3N2O6S.C5H10O2.2C2H6.C2H4/c1-28-12-4-11-22(15-32-14-21(29)27-22)20(28)13-33-17-9-7-16(8-10-17)18-5-2-3-6-19(18)34-35(30,31)23(24,25)26;1-5(2,3)7-4-6;3*1-2/h2-3,5-6,16-17,20H,4,7-15H2,1H3,(H,27,29);4H,1-3H3;2*1-2H3;1-2H2. The summed E-state index contributed by atoms with van der Waals surface area (Å²) in [6.45, 7) is 21.8. The Balaban J connectivity index is 0.00000147. The van der Waals surface area contributed by atoms with Crippen molar-refractivity contribution in [2.45, 2.75) is 122 Å². The van der Waals surface area contributed by atoms with Crippen LogP contribution in [0.15, 0.2) is 37.4 Å². The quantitative estimate of drug-likeness (QED) is 0.142. The number of nitrogens with zero attached hydrogens (tertiary/aromatic N) is 1. The third kappa shape index (κ3) is 14.0. The van der Waals surface area contributed by atoms with Crippen LogP contribution in [0.3, 0.4) is 0 Å². The fourth-order valence-electron chi connectivity index (χ4n) is 5.64. The Labute approximate surface area is 285 Å². The summed E-state index contributed by atoms with van der Waals surface area (Å²) in [6.07, 6.45) is 4.35. The maximum absolute atomic E-state index is 12.8. The second kappa shape index (κ2) is 21.4. The van der Waals surface area contributed by atoms with E-state index in [1.165, 1.54) is 12.1 Å². The zero-order valence-corrected chi connectivity index (χ0v) is 30.7. The fourth-order valence-corrected chi connectivity index (χ4v) is 6.12. The number of likely N-dealkylation sites (tertiary alicyclic amines) is 1. The molecule has 4 rings (SSSR count). The summed E-state index contributed by atoms with van der Waals surface area (Å²) < 4.78 is 82.3. The van der Waals surface area contributed by atoms with E-state index in [0.29, 0.717) is 50.9 Å². The third-order valence-electron chi connectivity index (χ3n) is 7.69. The highest BCUT2D eigenvalue weighted by Gasteiger charge is 2.49. The first kappa shape index (κ1) is 45.3. The number of amides is 1. The van der Waals surface area contributed by atoms with Crippen LogP contribution < -0.4 is 9.50 Å². The first-order valence-electron chi connectivity index (χ1n) is 16.5. The Kier molecular flexibility index (Phi) is 20.2. The Morgan fingerprint density at radius 3 is 2.15 bits per heavy atom. The molecule has 2 aliphatic heterocycles. The van der Waals surface area contributed by atoms with Crippen molar-refractivity contribution in [2.24, 2.45) is 0 Å². The number of hydrogen-bond donors (Lipinski definition) is 1. The van der Waals surface area contributed by atoms with Gasteiger partial charge in [-0.05, 0) is 90.4 Å². The lowest BCUT2D eigenvalue weighted by molar-refractivity contribution is -0.144. The van der Waals surface area contributed by atoms with Gasteiger partial charge in [0.25, 0.3) is 6.47 Å². The van der Waals surface area contributed by atoms with Gasteiger partial charge in [-0.2, -0.15) is 21.6 Å². The highest BCUT2D eigenvalue weighted by Crippen LogP contribution is 2.40. The van der Waals surface area contributed by atoms with Crippen LogP contribution in [-0.4, -0.2) is 87.9 Å². The first-order valence-corrected chi connectivity index (χ1v) is 17.9. The molecule has 3 aliphatic rings. The smallest absolute Gasteiger partial charge is 0.462 e. The molecule has 1 amide bonds. The molecule has 48 heavy (non-hydrogen) atoms. The maximum atomic E-state index is 12.8. The number of carbonyl (C=O) groups excluding carboxylic acids is 2. The summed E-state index contributed by atoms with van der Waals surface area (Å²) in [4.78, 5) is 23.8. The molecule has 0 aromatic heterocycles. The number of carbonyl (C=O) groups is 2. The molecule has 1 aromatic rings. The Morgan fingerprint density at radius 1 is 1.06 bits per heavy atom. The molecule has 2 saturated heterocycles. The van der Waals surface area contributed by atoms with E-state index < -0.39 is 21.2 Å². The van der Waals surface area contributed by atoms with Crippen molar-refractivity contribution in [3.05, 3.63) is 43.0 Å². The molecule has 14 heteroatoms. The largest absolute Gasteiger partial charge is 0.534 e. The van der Waals surface area contributed by atoms with Crippen molar-refractivity contribution in [3.8, 4) is 5.75 Å². The zero-order chi connectivity index (χ0) is 37.2. The summed E-state index contributed by atoms with van der Waals surface area (Å²) in [5.74, 6) is -0.539. The molecule has 1 aliphatic carbocycles. The molecule has 2 atom stereocenters. The van der Waals surface area contributed by atoms with Gasteiger partial charge in [0.15, 0.2) is 0 Å². The lowest BCUT2D eigenvalue weighted by atomic mass is 9.80. The molecule has 10 nitrogen and oxygen atoms in total.